The van der Waals surface area contributed by atoms with Crippen molar-refractivity contribution in [1.82, 2.24) is 4.90 Å². The predicted octanol–water partition coefficient (Wildman–Crippen LogP) is 2.09. The third-order valence-electron chi connectivity index (χ3n) is 3.42. The number of benzene rings is 1. The van der Waals surface area contributed by atoms with Crippen molar-refractivity contribution in [3.8, 4) is 5.75 Å². The second-order valence-electron chi connectivity index (χ2n) is 5.17. The Labute approximate surface area is 148 Å². The molecule has 3 rings (SSSR count). The van der Waals surface area contributed by atoms with E-state index in [9.17, 15) is 13.2 Å². The zero-order chi connectivity index (χ0) is 17.3. The van der Waals surface area contributed by atoms with Crippen molar-refractivity contribution < 1.29 is 22.5 Å². The van der Waals surface area contributed by atoms with Crippen LogP contribution in [0.5, 0.6) is 5.75 Å². The van der Waals surface area contributed by atoms with Crippen LogP contribution in [0, 0.1) is 0 Å². The van der Waals surface area contributed by atoms with Gasteiger partial charge in [0.25, 0.3) is 16.0 Å². The predicted molar refractivity (Wildman–Crippen MR) is 96.3 cm³/mol. The number of amides is 1. The Morgan fingerprint density at radius 1 is 1.38 bits per heavy atom. The summed E-state index contributed by atoms with van der Waals surface area (Å²) in [4.78, 5) is 13.9. The Hall–Kier alpha value is -1.68. The summed E-state index contributed by atoms with van der Waals surface area (Å²) < 4.78 is 36.4. The fourth-order valence-electron chi connectivity index (χ4n) is 2.28. The largest absolute Gasteiger partial charge is 0.488 e. The van der Waals surface area contributed by atoms with E-state index in [0.29, 0.717) is 11.5 Å². The highest BCUT2D eigenvalue weighted by molar-refractivity contribution is 8.26. The maximum Gasteiger partial charge on any atom is 0.266 e. The van der Waals surface area contributed by atoms with E-state index in [-0.39, 0.29) is 16.8 Å². The number of hydrogen-bond acceptors (Lipinski definition) is 6. The maximum atomic E-state index is 12.4. The van der Waals surface area contributed by atoms with Gasteiger partial charge in [-0.3, -0.25) is 14.2 Å². The van der Waals surface area contributed by atoms with Gasteiger partial charge in [-0.25, -0.2) is 0 Å². The van der Waals surface area contributed by atoms with E-state index in [2.05, 4.69) is 0 Å². The van der Waals surface area contributed by atoms with Crippen molar-refractivity contribution in [1.29, 1.82) is 0 Å². The Morgan fingerprint density at radius 2 is 2.12 bits per heavy atom. The fraction of sp³-hybridized carbons (Fsp3) is 0.200. The van der Waals surface area contributed by atoms with E-state index in [1.54, 1.807) is 6.08 Å². The van der Waals surface area contributed by atoms with Gasteiger partial charge in [0.15, 0.2) is 0 Å². The van der Waals surface area contributed by atoms with Crippen molar-refractivity contribution in [2.24, 2.45) is 0 Å². The molecule has 0 aromatic heterocycles. The Balaban J connectivity index is 1.79. The quantitative estimate of drug-likeness (QED) is 0.484. The van der Waals surface area contributed by atoms with Gasteiger partial charge in [-0.2, -0.15) is 8.42 Å². The molecule has 1 amide bonds. The highest BCUT2D eigenvalue weighted by atomic mass is 32.2. The van der Waals surface area contributed by atoms with Crippen LogP contribution in [-0.4, -0.2) is 47.0 Å². The molecule has 0 unspecified atom stereocenters. The van der Waals surface area contributed by atoms with E-state index in [0.717, 1.165) is 28.6 Å². The highest BCUT2D eigenvalue weighted by Crippen LogP contribution is 2.33. The minimum Gasteiger partial charge on any atom is -0.488 e. The third kappa shape index (κ3) is 3.86. The van der Waals surface area contributed by atoms with E-state index in [1.807, 2.05) is 30.3 Å². The second-order valence-corrected chi connectivity index (χ2v) is 8.41. The molecule has 1 fully saturated rings. The molecule has 1 aromatic carbocycles. The minimum absolute atomic E-state index is 0.167. The summed E-state index contributed by atoms with van der Waals surface area (Å²) >= 11 is 6.22. The summed E-state index contributed by atoms with van der Waals surface area (Å²) in [5, 5.41) is 0. The average Bonchev–Trinajstić information content (AvgIpc) is 2.78. The molecule has 2 aliphatic rings. The number of ether oxygens (including phenoxy) is 1. The van der Waals surface area contributed by atoms with Gasteiger partial charge in [0.05, 0.1) is 10.7 Å². The molecule has 2 aliphatic heterocycles. The Bertz CT molecular complexity index is 873. The number of fused-ring (bicyclic) bond motifs is 1. The molecule has 2 heterocycles. The first-order valence-electron chi connectivity index (χ1n) is 6.96. The lowest BCUT2D eigenvalue weighted by atomic mass is 10.1. The molecule has 1 aromatic rings. The molecule has 0 atom stereocenters. The van der Waals surface area contributed by atoms with Crippen molar-refractivity contribution in [2.75, 3.05) is 18.9 Å². The van der Waals surface area contributed by atoms with Crippen molar-refractivity contribution in [3.05, 3.63) is 46.4 Å². The number of rotatable bonds is 4. The number of carbonyl (C=O) groups is 1. The molecule has 1 N–H and O–H groups in total. The van der Waals surface area contributed by atoms with Crippen LogP contribution >= 0.6 is 24.0 Å². The molecular weight excluding hydrogens is 370 g/mol. The topological polar surface area (TPSA) is 83.9 Å². The maximum absolute atomic E-state index is 12.4. The number of hydrogen-bond donors (Lipinski definition) is 1. The number of para-hydroxylation sites is 1. The van der Waals surface area contributed by atoms with Crippen molar-refractivity contribution >= 4 is 50.4 Å². The summed E-state index contributed by atoms with van der Waals surface area (Å²) in [7, 11) is -4.15. The number of carbonyl (C=O) groups excluding carboxylic acids is 1. The molecule has 0 aliphatic carbocycles. The lowest BCUT2D eigenvalue weighted by Crippen LogP contribution is -2.32. The lowest BCUT2D eigenvalue weighted by Gasteiger charge is -2.16. The van der Waals surface area contributed by atoms with Gasteiger partial charge in [-0.1, -0.05) is 42.2 Å². The normalized spacial score (nSPS) is 19.3. The van der Waals surface area contributed by atoms with Crippen LogP contribution in [0.25, 0.3) is 6.08 Å². The standard InChI is InChI=1S/C15H13NO5S3/c17-14-13(23-15(22)16(14)5-6-24(18,19)20)8-10-7-11-3-1-2-4-12(11)21-9-10/h1-4,7-8H,5-6,9H2,(H,18,19,20). The molecule has 24 heavy (non-hydrogen) atoms. The van der Waals surface area contributed by atoms with Crippen LogP contribution in [-0.2, 0) is 14.9 Å². The number of thiocarbonyl (C=S) groups is 1. The first-order chi connectivity index (χ1) is 11.3. The van der Waals surface area contributed by atoms with Gasteiger partial charge in [0.1, 0.15) is 16.7 Å². The molecule has 0 radical (unpaired) electrons. The van der Waals surface area contributed by atoms with Gasteiger partial charge in [0.2, 0.25) is 0 Å². The molecule has 1 saturated heterocycles. The molecule has 0 saturated carbocycles. The first-order valence-corrected chi connectivity index (χ1v) is 9.80. The van der Waals surface area contributed by atoms with Gasteiger partial charge in [-0.05, 0) is 23.8 Å². The molecule has 126 valence electrons. The summed E-state index contributed by atoms with van der Waals surface area (Å²) in [6.07, 6.45) is 3.63. The van der Waals surface area contributed by atoms with Crippen LogP contribution in [0.1, 0.15) is 5.56 Å². The Morgan fingerprint density at radius 3 is 2.88 bits per heavy atom. The van der Waals surface area contributed by atoms with E-state index < -0.39 is 15.9 Å². The van der Waals surface area contributed by atoms with Crippen LogP contribution in [0.2, 0.25) is 0 Å². The SMILES string of the molecule is O=C1C(=CC2=Cc3ccccc3OC2)SC(=S)N1CCS(=O)(=O)O. The fourth-order valence-corrected chi connectivity index (χ4v) is 4.02. The van der Waals surface area contributed by atoms with E-state index in [1.165, 1.54) is 4.90 Å². The summed E-state index contributed by atoms with van der Waals surface area (Å²) in [6, 6.07) is 7.57. The van der Waals surface area contributed by atoms with Crippen LogP contribution in [0.3, 0.4) is 0 Å². The minimum atomic E-state index is -4.15. The molecule has 0 spiro atoms. The summed E-state index contributed by atoms with van der Waals surface area (Å²) in [6.45, 7) is 0.172. The lowest BCUT2D eigenvalue weighted by molar-refractivity contribution is -0.122. The van der Waals surface area contributed by atoms with Crippen molar-refractivity contribution in [3.63, 3.8) is 0 Å². The molecule has 9 heteroatoms. The highest BCUT2D eigenvalue weighted by Gasteiger charge is 2.32. The smallest absolute Gasteiger partial charge is 0.266 e. The monoisotopic (exact) mass is 383 g/mol. The zero-order valence-corrected chi connectivity index (χ0v) is 14.8. The molecular formula is C15H13NO5S3. The first kappa shape index (κ1) is 17.2. The molecule has 6 nitrogen and oxygen atoms in total. The number of nitrogens with zero attached hydrogens (tertiary/aromatic N) is 1. The van der Waals surface area contributed by atoms with Gasteiger partial charge in [-0.15, -0.1) is 0 Å². The number of thioether (sulfide) groups is 1. The zero-order valence-electron chi connectivity index (χ0n) is 12.3. The van der Waals surface area contributed by atoms with E-state index >= 15 is 0 Å². The van der Waals surface area contributed by atoms with Crippen LogP contribution in [0.4, 0.5) is 0 Å². The summed E-state index contributed by atoms with van der Waals surface area (Å²) in [5.41, 5.74) is 1.75. The third-order valence-corrected chi connectivity index (χ3v) is 5.49. The second kappa shape index (κ2) is 6.67. The molecule has 0 bridgehead atoms. The van der Waals surface area contributed by atoms with Crippen LogP contribution in [0.15, 0.2) is 40.8 Å². The Kier molecular flexibility index (Phi) is 4.77. The van der Waals surface area contributed by atoms with Gasteiger partial charge < -0.3 is 4.74 Å². The van der Waals surface area contributed by atoms with Gasteiger partial charge >= 0.3 is 0 Å². The van der Waals surface area contributed by atoms with Crippen LogP contribution < -0.4 is 4.74 Å². The average molecular weight is 383 g/mol. The van der Waals surface area contributed by atoms with Crippen molar-refractivity contribution in [2.45, 2.75) is 0 Å². The summed E-state index contributed by atoms with van der Waals surface area (Å²) in [5.74, 6) is -0.130. The van der Waals surface area contributed by atoms with E-state index in [4.69, 9.17) is 21.5 Å². The van der Waals surface area contributed by atoms with Gasteiger partial charge in [0, 0.05) is 12.1 Å².